The number of thiophene rings is 1. The highest BCUT2D eigenvalue weighted by atomic mass is 32.1. The van der Waals surface area contributed by atoms with Crippen LogP contribution in [0.3, 0.4) is 0 Å². The van der Waals surface area contributed by atoms with Crippen molar-refractivity contribution in [2.75, 3.05) is 24.3 Å². The summed E-state index contributed by atoms with van der Waals surface area (Å²) in [4.78, 5) is 3.61. The van der Waals surface area contributed by atoms with Gasteiger partial charge in [0.2, 0.25) is 0 Å². The molecule has 0 aliphatic carbocycles. The van der Waals surface area contributed by atoms with E-state index in [0.717, 1.165) is 23.5 Å². The second kappa shape index (κ2) is 6.66. The summed E-state index contributed by atoms with van der Waals surface area (Å²) < 4.78 is 5.56. The number of ether oxygens (including phenoxy) is 1. The van der Waals surface area contributed by atoms with Crippen LogP contribution in [0, 0.1) is 0 Å². The van der Waals surface area contributed by atoms with Crippen LogP contribution < -0.4 is 15.4 Å². The number of hydrogen-bond acceptors (Lipinski definition) is 4. The Morgan fingerprint density at radius 1 is 1.30 bits per heavy atom. The predicted octanol–water partition coefficient (Wildman–Crippen LogP) is 3.80. The van der Waals surface area contributed by atoms with Gasteiger partial charge in [0.05, 0.1) is 18.0 Å². The zero-order valence-corrected chi connectivity index (χ0v) is 13.1. The summed E-state index contributed by atoms with van der Waals surface area (Å²) in [6.07, 6.45) is 1.02. The quantitative estimate of drug-likeness (QED) is 0.822. The van der Waals surface area contributed by atoms with Crippen molar-refractivity contribution in [3.05, 3.63) is 40.6 Å². The van der Waals surface area contributed by atoms with Crippen LogP contribution in [0.1, 0.15) is 18.7 Å². The third-order valence-corrected chi connectivity index (χ3v) is 4.36. The highest BCUT2D eigenvalue weighted by Gasteiger charge is 2.15. The Morgan fingerprint density at radius 3 is 2.75 bits per heavy atom. The topological polar surface area (TPSA) is 38.5 Å². The summed E-state index contributed by atoms with van der Waals surface area (Å²) in [6, 6.07) is 10.6. The number of rotatable bonds is 6. The van der Waals surface area contributed by atoms with E-state index in [0.29, 0.717) is 12.6 Å². The van der Waals surface area contributed by atoms with Crippen LogP contribution in [0.5, 0.6) is 5.75 Å². The van der Waals surface area contributed by atoms with Gasteiger partial charge in [0.25, 0.3) is 0 Å². The van der Waals surface area contributed by atoms with Crippen molar-refractivity contribution in [3.8, 4) is 5.75 Å². The highest BCUT2D eigenvalue weighted by molar-refractivity contribution is 7.09. The van der Waals surface area contributed by atoms with Crippen molar-refractivity contribution in [1.82, 2.24) is 0 Å². The van der Waals surface area contributed by atoms with Crippen molar-refractivity contribution in [2.24, 2.45) is 0 Å². The van der Waals surface area contributed by atoms with Crippen LogP contribution in [0.15, 0.2) is 35.7 Å². The number of nitrogen functional groups attached to an aromatic ring is 1. The molecule has 0 bridgehead atoms. The lowest BCUT2D eigenvalue weighted by molar-refractivity contribution is 0.342. The van der Waals surface area contributed by atoms with Crippen LogP contribution in [-0.2, 0) is 6.42 Å². The Balaban J connectivity index is 2.15. The molecule has 0 aliphatic rings. The summed E-state index contributed by atoms with van der Waals surface area (Å²) in [6.45, 7) is 4.81. The average Bonchev–Trinajstić information content (AvgIpc) is 2.93. The zero-order valence-electron chi connectivity index (χ0n) is 12.3. The average molecular weight is 290 g/mol. The van der Waals surface area contributed by atoms with Crippen molar-refractivity contribution < 1.29 is 4.74 Å². The molecule has 108 valence electrons. The summed E-state index contributed by atoms with van der Waals surface area (Å²) in [7, 11) is 2.08. The Hall–Kier alpha value is -1.68. The van der Waals surface area contributed by atoms with E-state index in [-0.39, 0.29) is 0 Å². The minimum atomic E-state index is 0.382. The fraction of sp³-hybridized carbons (Fsp3) is 0.375. The van der Waals surface area contributed by atoms with Gasteiger partial charge in [-0.3, -0.25) is 0 Å². The molecule has 20 heavy (non-hydrogen) atoms. The first-order chi connectivity index (χ1) is 9.63. The van der Waals surface area contributed by atoms with E-state index >= 15 is 0 Å². The molecule has 2 rings (SSSR count). The van der Waals surface area contributed by atoms with Gasteiger partial charge in [-0.05, 0) is 37.4 Å². The number of likely N-dealkylation sites (N-methyl/N-ethyl adjacent to an activating group) is 1. The van der Waals surface area contributed by atoms with Gasteiger partial charge < -0.3 is 15.4 Å². The maximum absolute atomic E-state index is 6.22. The first-order valence-electron chi connectivity index (χ1n) is 6.90. The Labute approximate surface area is 125 Å². The normalized spacial score (nSPS) is 12.2. The summed E-state index contributed by atoms with van der Waals surface area (Å²) in [5, 5.41) is 2.12. The maximum Gasteiger partial charge on any atom is 0.144 e. The maximum atomic E-state index is 6.22. The monoisotopic (exact) mass is 290 g/mol. The minimum absolute atomic E-state index is 0.382. The zero-order chi connectivity index (χ0) is 14.5. The van der Waals surface area contributed by atoms with Gasteiger partial charge in [-0.1, -0.05) is 12.1 Å². The lowest BCUT2D eigenvalue weighted by Gasteiger charge is -2.28. The SMILES string of the molecule is CCOc1cccc(N(C)C(C)Cc2cccs2)c1N. The molecule has 2 aromatic rings. The first-order valence-corrected chi connectivity index (χ1v) is 7.78. The standard InChI is InChI=1S/C16H22N2OS/c1-4-19-15-9-5-8-14(16(15)17)18(3)12(2)11-13-7-6-10-20-13/h5-10,12H,4,11,17H2,1-3H3. The molecular formula is C16H22N2OS. The fourth-order valence-electron chi connectivity index (χ4n) is 2.22. The molecule has 1 heterocycles. The number of benzene rings is 1. The molecule has 1 aromatic heterocycles. The van der Waals surface area contributed by atoms with Gasteiger partial charge in [0.15, 0.2) is 0 Å². The predicted molar refractivity (Wildman–Crippen MR) is 87.9 cm³/mol. The van der Waals surface area contributed by atoms with Crippen LogP contribution in [0.2, 0.25) is 0 Å². The smallest absolute Gasteiger partial charge is 0.144 e. The van der Waals surface area contributed by atoms with E-state index in [9.17, 15) is 0 Å². The molecular weight excluding hydrogens is 268 g/mol. The van der Waals surface area contributed by atoms with E-state index in [1.54, 1.807) is 11.3 Å². The van der Waals surface area contributed by atoms with E-state index < -0.39 is 0 Å². The van der Waals surface area contributed by atoms with Crippen LogP contribution in [0.25, 0.3) is 0 Å². The molecule has 0 saturated carbocycles. The highest BCUT2D eigenvalue weighted by Crippen LogP contribution is 2.33. The number of anilines is 2. The molecule has 0 saturated heterocycles. The van der Waals surface area contributed by atoms with Gasteiger partial charge in [0.1, 0.15) is 5.75 Å². The first kappa shape index (κ1) is 14.7. The summed E-state index contributed by atoms with van der Waals surface area (Å²) in [5.74, 6) is 0.764. The van der Waals surface area contributed by atoms with Gasteiger partial charge >= 0.3 is 0 Å². The van der Waals surface area contributed by atoms with Crippen molar-refractivity contribution in [3.63, 3.8) is 0 Å². The molecule has 1 aromatic carbocycles. The van der Waals surface area contributed by atoms with Crippen molar-refractivity contribution in [1.29, 1.82) is 0 Å². The Bertz CT molecular complexity index is 539. The van der Waals surface area contributed by atoms with Crippen LogP contribution in [0.4, 0.5) is 11.4 Å². The number of hydrogen-bond donors (Lipinski definition) is 1. The number of nitrogens with zero attached hydrogens (tertiary/aromatic N) is 1. The second-order valence-corrected chi connectivity index (χ2v) is 5.90. The van der Waals surface area contributed by atoms with Gasteiger partial charge in [-0.25, -0.2) is 0 Å². The van der Waals surface area contributed by atoms with Crippen molar-refractivity contribution >= 4 is 22.7 Å². The molecule has 0 fully saturated rings. The van der Waals surface area contributed by atoms with Crippen LogP contribution >= 0.6 is 11.3 Å². The number of nitrogens with two attached hydrogens (primary N) is 1. The largest absolute Gasteiger partial charge is 0.492 e. The minimum Gasteiger partial charge on any atom is -0.492 e. The Kier molecular flexibility index (Phi) is 4.90. The molecule has 2 N–H and O–H groups in total. The number of para-hydroxylation sites is 1. The molecule has 1 unspecified atom stereocenters. The summed E-state index contributed by atoms with van der Waals surface area (Å²) in [5.41, 5.74) is 7.96. The van der Waals surface area contributed by atoms with Gasteiger partial charge in [-0.15, -0.1) is 11.3 Å². The third-order valence-electron chi connectivity index (χ3n) is 3.46. The second-order valence-electron chi connectivity index (χ2n) is 4.87. The third kappa shape index (κ3) is 3.25. The molecule has 0 amide bonds. The molecule has 0 spiro atoms. The fourth-order valence-corrected chi connectivity index (χ4v) is 3.04. The molecule has 1 atom stereocenters. The molecule has 4 heteroatoms. The van der Waals surface area contributed by atoms with Gasteiger partial charge in [0, 0.05) is 24.4 Å². The summed E-state index contributed by atoms with van der Waals surface area (Å²) >= 11 is 1.80. The van der Waals surface area contributed by atoms with Crippen molar-refractivity contribution in [2.45, 2.75) is 26.3 Å². The Morgan fingerprint density at radius 2 is 2.10 bits per heavy atom. The lowest BCUT2D eigenvalue weighted by Crippen LogP contribution is -2.31. The van der Waals surface area contributed by atoms with E-state index in [2.05, 4.69) is 36.4 Å². The molecule has 0 radical (unpaired) electrons. The van der Waals surface area contributed by atoms with E-state index in [1.807, 2.05) is 25.1 Å². The van der Waals surface area contributed by atoms with Crippen LogP contribution in [-0.4, -0.2) is 19.7 Å². The lowest BCUT2D eigenvalue weighted by atomic mass is 10.1. The molecule has 3 nitrogen and oxygen atoms in total. The molecule has 0 aliphatic heterocycles. The van der Waals surface area contributed by atoms with E-state index in [4.69, 9.17) is 10.5 Å². The van der Waals surface area contributed by atoms with Gasteiger partial charge in [-0.2, -0.15) is 0 Å². The van der Waals surface area contributed by atoms with E-state index in [1.165, 1.54) is 4.88 Å².